The van der Waals surface area contributed by atoms with Gasteiger partial charge in [-0.05, 0) is 25.9 Å². The Kier molecular flexibility index (Phi) is 4.53. The molecule has 0 aromatic rings. The number of hydrogen-bond donors (Lipinski definition) is 4. The van der Waals surface area contributed by atoms with Crippen LogP contribution in [0.3, 0.4) is 0 Å². The average Bonchev–Trinajstić information content (AvgIpc) is 2.08. The van der Waals surface area contributed by atoms with Gasteiger partial charge in [0.15, 0.2) is 0 Å². The van der Waals surface area contributed by atoms with Crippen LogP contribution in [0.5, 0.6) is 0 Å². The van der Waals surface area contributed by atoms with Crippen LogP contribution in [-0.2, 0) is 0 Å². The van der Waals surface area contributed by atoms with E-state index >= 15 is 0 Å². The third-order valence-electron chi connectivity index (χ3n) is 2.34. The summed E-state index contributed by atoms with van der Waals surface area (Å²) >= 11 is 0. The second-order valence-corrected chi connectivity index (χ2v) is 3.41. The molecule has 0 amide bonds. The molecule has 4 nitrogen and oxygen atoms in total. The molecule has 2 unspecified atom stereocenters. The van der Waals surface area contributed by atoms with Crippen LogP contribution >= 0.6 is 0 Å². The second-order valence-electron chi connectivity index (χ2n) is 3.41. The van der Waals surface area contributed by atoms with Crippen LogP contribution in [0.15, 0.2) is 0 Å². The average molecular weight is 172 g/mol. The molecule has 1 aliphatic rings. The minimum Gasteiger partial charge on any atom is -0.326 e. The molecule has 0 bridgehead atoms. The molecule has 1 heterocycles. The lowest BCUT2D eigenvalue weighted by Crippen LogP contribution is -2.46. The first-order valence-electron chi connectivity index (χ1n) is 4.73. The molecule has 0 radical (unpaired) electrons. The van der Waals surface area contributed by atoms with Gasteiger partial charge in [0.1, 0.15) is 0 Å². The van der Waals surface area contributed by atoms with Crippen molar-refractivity contribution in [2.75, 3.05) is 26.2 Å². The molecule has 1 rings (SSSR count). The highest BCUT2D eigenvalue weighted by Crippen LogP contribution is 1.97. The standard InChI is InChI=1S/C8H20N4/c9-7-1-3-11-5-6-12-4-2-8(7)10/h7-8,11-12H,1-6,9-10H2. The second kappa shape index (κ2) is 5.48. The number of nitrogens with one attached hydrogen (secondary N) is 2. The molecule has 2 atom stereocenters. The first-order chi connectivity index (χ1) is 5.80. The first kappa shape index (κ1) is 9.92. The van der Waals surface area contributed by atoms with Gasteiger partial charge in [0.25, 0.3) is 0 Å². The molecule has 4 heteroatoms. The summed E-state index contributed by atoms with van der Waals surface area (Å²) in [5.74, 6) is 0. The van der Waals surface area contributed by atoms with E-state index in [1.54, 1.807) is 0 Å². The fourth-order valence-electron chi connectivity index (χ4n) is 1.39. The Hall–Kier alpha value is -0.160. The van der Waals surface area contributed by atoms with Crippen LogP contribution in [0.25, 0.3) is 0 Å². The van der Waals surface area contributed by atoms with Crippen molar-refractivity contribution in [3.63, 3.8) is 0 Å². The van der Waals surface area contributed by atoms with E-state index in [1.807, 2.05) is 0 Å². The van der Waals surface area contributed by atoms with Gasteiger partial charge < -0.3 is 22.1 Å². The molecule has 12 heavy (non-hydrogen) atoms. The van der Waals surface area contributed by atoms with E-state index in [1.165, 1.54) is 0 Å². The van der Waals surface area contributed by atoms with Crippen molar-refractivity contribution in [1.82, 2.24) is 10.6 Å². The van der Waals surface area contributed by atoms with E-state index < -0.39 is 0 Å². The Labute approximate surface area is 74.1 Å². The smallest absolute Gasteiger partial charge is 0.0204 e. The number of hydrogen-bond acceptors (Lipinski definition) is 4. The zero-order valence-corrected chi connectivity index (χ0v) is 7.55. The maximum Gasteiger partial charge on any atom is 0.0204 e. The first-order valence-corrected chi connectivity index (χ1v) is 4.73. The summed E-state index contributed by atoms with van der Waals surface area (Å²) in [4.78, 5) is 0. The fraction of sp³-hybridized carbons (Fsp3) is 1.00. The molecule has 1 saturated heterocycles. The van der Waals surface area contributed by atoms with Crippen LogP contribution in [0.4, 0.5) is 0 Å². The molecule has 1 aliphatic heterocycles. The van der Waals surface area contributed by atoms with Gasteiger partial charge in [-0.15, -0.1) is 0 Å². The van der Waals surface area contributed by atoms with E-state index in [-0.39, 0.29) is 12.1 Å². The van der Waals surface area contributed by atoms with E-state index in [4.69, 9.17) is 11.5 Å². The van der Waals surface area contributed by atoms with Crippen molar-refractivity contribution in [2.24, 2.45) is 11.5 Å². The number of nitrogens with two attached hydrogens (primary N) is 2. The predicted molar refractivity (Wildman–Crippen MR) is 50.9 cm³/mol. The molecule has 6 N–H and O–H groups in total. The van der Waals surface area contributed by atoms with E-state index in [9.17, 15) is 0 Å². The van der Waals surface area contributed by atoms with Crippen LogP contribution in [0, 0.1) is 0 Å². The van der Waals surface area contributed by atoms with Crippen LogP contribution in [-0.4, -0.2) is 38.3 Å². The van der Waals surface area contributed by atoms with E-state index in [0.717, 1.165) is 39.0 Å². The van der Waals surface area contributed by atoms with Gasteiger partial charge in [-0.1, -0.05) is 0 Å². The highest BCUT2D eigenvalue weighted by atomic mass is 15.0. The molecule has 0 aromatic heterocycles. The molecule has 1 fully saturated rings. The Morgan fingerprint density at radius 3 is 1.58 bits per heavy atom. The van der Waals surface area contributed by atoms with Crippen molar-refractivity contribution < 1.29 is 0 Å². The summed E-state index contributed by atoms with van der Waals surface area (Å²) < 4.78 is 0. The Balaban J connectivity index is 2.26. The minimum atomic E-state index is 0.150. The van der Waals surface area contributed by atoms with Gasteiger partial charge in [-0.25, -0.2) is 0 Å². The number of rotatable bonds is 0. The summed E-state index contributed by atoms with van der Waals surface area (Å²) in [7, 11) is 0. The molecule has 72 valence electrons. The molecule has 0 aromatic carbocycles. The quantitative estimate of drug-likeness (QED) is 0.363. The summed E-state index contributed by atoms with van der Waals surface area (Å²) in [6.07, 6.45) is 1.97. The van der Waals surface area contributed by atoms with Gasteiger partial charge in [0, 0.05) is 25.2 Å². The summed E-state index contributed by atoms with van der Waals surface area (Å²) in [6.45, 7) is 4.02. The Bertz CT molecular complexity index is 104. The van der Waals surface area contributed by atoms with E-state index in [0.29, 0.717) is 0 Å². The fourth-order valence-corrected chi connectivity index (χ4v) is 1.39. The largest absolute Gasteiger partial charge is 0.326 e. The topological polar surface area (TPSA) is 76.1 Å². The van der Waals surface area contributed by atoms with Crippen LogP contribution < -0.4 is 22.1 Å². The van der Waals surface area contributed by atoms with E-state index in [2.05, 4.69) is 10.6 Å². The Morgan fingerprint density at radius 2 is 1.17 bits per heavy atom. The van der Waals surface area contributed by atoms with Gasteiger partial charge in [-0.3, -0.25) is 0 Å². The normalized spacial score (nSPS) is 34.5. The van der Waals surface area contributed by atoms with Crippen LogP contribution in [0.2, 0.25) is 0 Å². The van der Waals surface area contributed by atoms with Crippen molar-refractivity contribution in [1.29, 1.82) is 0 Å². The lowest BCUT2D eigenvalue weighted by Gasteiger charge is -2.21. The molecular weight excluding hydrogens is 152 g/mol. The zero-order valence-electron chi connectivity index (χ0n) is 7.55. The molecule has 0 saturated carbocycles. The Morgan fingerprint density at radius 1 is 0.750 bits per heavy atom. The van der Waals surface area contributed by atoms with Gasteiger partial charge in [-0.2, -0.15) is 0 Å². The van der Waals surface area contributed by atoms with Crippen molar-refractivity contribution in [3.05, 3.63) is 0 Å². The third-order valence-corrected chi connectivity index (χ3v) is 2.34. The maximum atomic E-state index is 5.88. The van der Waals surface area contributed by atoms with Crippen molar-refractivity contribution in [2.45, 2.75) is 24.9 Å². The van der Waals surface area contributed by atoms with Gasteiger partial charge in [0.05, 0.1) is 0 Å². The summed E-state index contributed by atoms with van der Waals surface area (Å²) in [6, 6.07) is 0.301. The third kappa shape index (κ3) is 3.49. The lowest BCUT2D eigenvalue weighted by atomic mass is 10.0. The zero-order chi connectivity index (χ0) is 8.81. The van der Waals surface area contributed by atoms with Gasteiger partial charge >= 0.3 is 0 Å². The lowest BCUT2D eigenvalue weighted by molar-refractivity contribution is 0.428. The monoisotopic (exact) mass is 172 g/mol. The summed E-state index contributed by atoms with van der Waals surface area (Å²) in [5, 5.41) is 6.62. The van der Waals surface area contributed by atoms with Crippen molar-refractivity contribution >= 4 is 0 Å². The maximum absolute atomic E-state index is 5.88. The summed E-state index contributed by atoms with van der Waals surface area (Å²) in [5.41, 5.74) is 11.8. The highest BCUT2D eigenvalue weighted by molar-refractivity contribution is 4.78. The molecule has 0 aliphatic carbocycles. The molecule has 0 spiro atoms. The highest BCUT2D eigenvalue weighted by Gasteiger charge is 2.12. The molecular formula is C8H20N4. The van der Waals surface area contributed by atoms with Crippen molar-refractivity contribution in [3.8, 4) is 0 Å². The van der Waals surface area contributed by atoms with Gasteiger partial charge in [0.2, 0.25) is 0 Å². The van der Waals surface area contributed by atoms with Crippen LogP contribution in [0.1, 0.15) is 12.8 Å². The predicted octanol–water partition coefficient (Wildman–Crippen LogP) is -1.39. The SMILES string of the molecule is NC1CCNCCNCCC1N. The minimum absolute atomic E-state index is 0.150.